The summed E-state index contributed by atoms with van der Waals surface area (Å²) in [6.07, 6.45) is 4.31. The number of benzene rings is 1. The van der Waals surface area contributed by atoms with E-state index in [-0.39, 0.29) is 0 Å². The third-order valence-corrected chi connectivity index (χ3v) is 2.93. The molecular weight excluding hydrogens is 192 g/mol. The molecule has 0 fully saturated rings. The van der Waals surface area contributed by atoms with Gasteiger partial charge >= 0.3 is 0 Å². The SMILES string of the molecule is CSC1=NCCCc2ccccc2N1. The van der Waals surface area contributed by atoms with Crippen molar-refractivity contribution in [3.05, 3.63) is 29.8 Å². The molecule has 1 heterocycles. The number of rotatable bonds is 0. The number of amidine groups is 1. The lowest BCUT2D eigenvalue weighted by Gasteiger charge is -2.15. The molecule has 0 radical (unpaired) electrons. The maximum atomic E-state index is 4.47. The number of fused-ring (bicyclic) bond motifs is 1. The first-order valence-electron chi connectivity index (χ1n) is 4.83. The Hall–Kier alpha value is -0.960. The molecule has 0 spiro atoms. The number of para-hydroxylation sites is 1. The van der Waals surface area contributed by atoms with E-state index in [1.165, 1.54) is 11.3 Å². The molecule has 0 atom stereocenters. The number of nitrogens with one attached hydrogen (secondary N) is 1. The van der Waals surface area contributed by atoms with E-state index in [2.05, 4.69) is 40.8 Å². The second-order valence-electron chi connectivity index (χ2n) is 3.28. The van der Waals surface area contributed by atoms with E-state index < -0.39 is 0 Å². The minimum absolute atomic E-state index is 0.928. The number of aliphatic imine (C=N–C) groups is 1. The van der Waals surface area contributed by atoms with Crippen molar-refractivity contribution in [3.63, 3.8) is 0 Å². The lowest BCUT2D eigenvalue weighted by atomic mass is 10.1. The van der Waals surface area contributed by atoms with Gasteiger partial charge in [-0.3, -0.25) is 4.99 Å². The largest absolute Gasteiger partial charge is 0.335 e. The summed E-state index contributed by atoms with van der Waals surface area (Å²) >= 11 is 1.67. The third-order valence-electron chi connectivity index (χ3n) is 2.31. The smallest absolute Gasteiger partial charge is 0.160 e. The Balaban J connectivity index is 2.29. The van der Waals surface area contributed by atoms with Gasteiger partial charge in [0.25, 0.3) is 0 Å². The van der Waals surface area contributed by atoms with Crippen LogP contribution >= 0.6 is 11.8 Å². The minimum Gasteiger partial charge on any atom is -0.335 e. The van der Waals surface area contributed by atoms with Crippen LogP contribution in [-0.2, 0) is 6.42 Å². The van der Waals surface area contributed by atoms with Crippen LogP contribution in [0.15, 0.2) is 29.3 Å². The van der Waals surface area contributed by atoms with Gasteiger partial charge in [-0.25, -0.2) is 0 Å². The average molecular weight is 206 g/mol. The van der Waals surface area contributed by atoms with Crippen molar-refractivity contribution < 1.29 is 0 Å². The van der Waals surface area contributed by atoms with Crippen molar-refractivity contribution in [1.29, 1.82) is 0 Å². The minimum atomic E-state index is 0.928. The first kappa shape index (κ1) is 9.59. The highest BCUT2D eigenvalue weighted by Gasteiger charge is 2.06. The molecular formula is C11H14N2S. The molecule has 0 unspecified atom stereocenters. The molecule has 0 amide bonds. The van der Waals surface area contributed by atoms with E-state index in [0.717, 1.165) is 24.6 Å². The zero-order valence-corrected chi connectivity index (χ0v) is 9.10. The van der Waals surface area contributed by atoms with Crippen molar-refractivity contribution in [2.45, 2.75) is 12.8 Å². The summed E-state index contributed by atoms with van der Waals surface area (Å²) in [5, 5.41) is 4.39. The van der Waals surface area contributed by atoms with Crippen molar-refractivity contribution in [3.8, 4) is 0 Å². The Kier molecular flexibility index (Phi) is 3.09. The Morgan fingerprint density at radius 2 is 2.21 bits per heavy atom. The zero-order valence-electron chi connectivity index (χ0n) is 8.29. The first-order chi connectivity index (χ1) is 6.90. The second kappa shape index (κ2) is 4.51. The van der Waals surface area contributed by atoms with Crippen LogP contribution < -0.4 is 5.32 Å². The van der Waals surface area contributed by atoms with Crippen LogP contribution in [0.5, 0.6) is 0 Å². The fourth-order valence-corrected chi connectivity index (χ4v) is 2.01. The van der Waals surface area contributed by atoms with Gasteiger partial charge in [0.2, 0.25) is 0 Å². The lowest BCUT2D eigenvalue weighted by Crippen LogP contribution is -2.12. The molecule has 0 saturated carbocycles. The van der Waals surface area contributed by atoms with Crippen LogP contribution in [0.3, 0.4) is 0 Å². The molecule has 3 heteroatoms. The molecule has 14 heavy (non-hydrogen) atoms. The molecule has 1 aliphatic rings. The van der Waals surface area contributed by atoms with Gasteiger partial charge in [-0.05, 0) is 30.7 Å². The van der Waals surface area contributed by atoms with E-state index in [0.29, 0.717) is 0 Å². The van der Waals surface area contributed by atoms with Crippen molar-refractivity contribution in [1.82, 2.24) is 0 Å². The molecule has 1 aromatic rings. The van der Waals surface area contributed by atoms with Gasteiger partial charge in [0, 0.05) is 12.2 Å². The van der Waals surface area contributed by atoms with Gasteiger partial charge in [0.1, 0.15) is 0 Å². The summed E-state index contributed by atoms with van der Waals surface area (Å²) in [7, 11) is 0. The molecule has 0 aromatic heterocycles. The second-order valence-corrected chi connectivity index (χ2v) is 4.07. The monoisotopic (exact) mass is 206 g/mol. The summed E-state index contributed by atoms with van der Waals surface area (Å²) in [5.41, 5.74) is 2.61. The summed E-state index contributed by atoms with van der Waals surface area (Å²) in [4.78, 5) is 4.47. The van der Waals surface area contributed by atoms with Crippen LogP contribution in [0.1, 0.15) is 12.0 Å². The van der Waals surface area contributed by atoms with Crippen LogP contribution in [0.25, 0.3) is 0 Å². The topological polar surface area (TPSA) is 24.4 Å². The molecule has 1 aromatic carbocycles. The predicted octanol–water partition coefficient (Wildman–Crippen LogP) is 2.76. The van der Waals surface area contributed by atoms with Gasteiger partial charge in [-0.15, -0.1) is 0 Å². The molecule has 1 N–H and O–H groups in total. The van der Waals surface area contributed by atoms with Gasteiger partial charge in [-0.1, -0.05) is 30.0 Å². The highest BCUT2D eigenvalue weighted by Crippen LogP contribution is 2.20. The highest BCUT2D eigenvalue weighted by atomic mass is 32.2. The molecule has 0 bridgehead atoms. The van der Waals surface area contributed by atoms with Crippen LogP contribution in [0.2, 0.25) is 0 Å². The third kappa shape index (κ3) is 2.10. The van der Waals surface area contributed by atoms with E-state index in [1.54, 1.807) is 11.8 Å². The summed E-state index contributed by atoms with van der Waals surface area (Å²) in [6, 6.07) is 8.46. The summed E-state index contributed by atoms with van der Waals surface area (Å²) in [5.74, 6) is 0. The van der Waals surface area contributed by atoms with Crippen molar-refractivity contribution in [2.75, 3.05) is 18.1 Å². The van der Waals surface area contributed by atoms with Crippen molar-refractivity contribution >= 4 is 22.6 Å². The van der Waals surface area contributed by atoms with Gasteiger partial charge in [0.15, 0.2) is 5.17 Å². The number of hydrogen-bond acceptors (Lipinski definition) is 3. The maximum Gasteiger partial charge on any atom is 0.160 e. The predicted molar refractivity (Wildman–Crippen MR) is 64.2 cm³/mol. The Morgan fingerprint density at radius 3 is 3.07 bits per heavy atom. The fourth-order valence-electron chi connectivity index (χ4n) is 1.58. The Labute approximate surface area is 88.8 Å². The summed E-state index contributed by atoms with van der Waals surface area (Å²) in [6.45, 7) is 0.928. The number of nitrogens with zero attached hydrogens (tertiary/aromatic N) is 1. The molecule has 74 valence electrons. The van der Waals surface area contributed by atoms with Gasteiger partial charge in [-0.2, -0.15) is 0 Å². The number of thioether (sulfide) groups is 1. The molecule has 0 saturated heterocycles. The van der Waals surface area contributed by atoms with Crippen LogP contribution in [0.4, 0.5) is 5.69 Å². The number of aryl methyl sites for hydroxylation is 1. The standard InChI is InChI=1S/C11H14N2S/c1-14-11-12-8-4-6-9-5-2-3-7-10(9)13-11/h2-3,5,7H,4,6,8H2,1H3,(H,12,13). The fraction of sp³-hybridized carbons (Fsp3) is 0.364. The lowest BCUT2D eigenvalue weighted by molar-refractivity contribution is 0.831. The van der Waals surface area contributed by atoms with E-state index in [1.807, 2.05) is 0 Å². The van der Waals surface area contributed by atoms with Gasteiger partial charge < -0.3 is 5.32 Å². The molecule has 0 aliphatic carbocycles. The zero-order chi connectivity index (χ0) is 9.80. The van der Waals surface area contributed by atoms with E-state index in [4.69, 9.17) is 0 Å². The number of hydrogen-bond donors (Lipinski definition) is 1. The van der Waals surface area contributed by atoms with Crippen LogP contribution in [0, 0.1) is 0 Å². The normalized spacial score (nSPS) is 15.9. The quantitative estimate of drug-likeness (QED) is 0.706. The molecule has 2 rings (SSSR count). The first-order valence-corrected chi connectivity index (χ1v) is 6.06. The Morgan fingerprint density at radius 1 is 1.36 bits per heavy atom. The highest BCUT2D eigenvalue weighted by molar-refractivity contribution is 8.13. The van der Waals surface area contributed by atoms with Gasteiger partial charge in [0.05, 0.1) is 0 Å². The average Bonchev–Trinajstić information content (AvgIpc) is 2.19. The van der Waals surface area contributed by atoms with E-state index >= 15 is 0 Å². The molecule has 1 aliphatic heterocycles. The summed E-state index contributed by atoms with van der Waals surface area (Å²) < 4.78 is 0. The molecule has 2 nitrogen and oxygen atoms in total. The number of anilines is 1. The van der Waals surface area contributed by atoms with E-state index in [9.17, 15) is 0 Å². The van der Waals surface area contributed by atoms with Crippen molar-refractivity contribution in [2.24, 2.45) is 4.99 Å². The maximum absolute atomic E-state index is 4.47. The Bertz CT molecular complexity index is 347. The van der Waals surface area contributed by atoms with Crippen LogP contribution in [-0.4, -0.2) is 18.0 Å².